The van der Waals surface area contributed by atoms with E-state index in [-0.39, 0.29) is 18.2 Å². The molecular weight excluding hydrogens is 392 g/mol. The zero-order valence-electron chi connectivity index (χ0n) is 15.9. The molecule has 3 aromatic rings. The maximum absolute atomic E-state index is 12.9. The summed E-state index contributed by atoms with van der Waals surface area (Å²) >= 11 is 2.89. The topological polar surface area (TPSA) is 59.5 Å². The molecule has 1 atom stereocenters. The summed E-state index contributed by atoms with van der Waals surface area (Å²) in [5.41, 5.74) is 3.71. The average molecular weight is 413 g/mol. The summed E-state index contributed by atoms with van der Waals surface area (Å²) in [4.78, 5) is 31.4. The maximum Gasteiger partial charge on any atom is 0.247 e. The van der Waals surface area contributed by atoms with Crippen molar-refractivity contribution in [1.82, 2.24) is 4.98 Å². The number of thioether (sulfide) groups is 1. The molecule has 0 radical (unpaired) electrons. The van der Waals surface area contributed by atoms with Crippen LogP contribution in [0.5, 0.6) is 5.75 Å². The lowest BCUT2D eigenvalue weighted by Gasteiger charge is -2.16. The van der Waals surface area contributed by atoms with Gasteiger partial charge in [-0.15, -0.1) is 11.3 Å². The van der Waals surface area contributed by atoms with Crippen molar-refractivity contribution in [3.8, 4) is 5.75 Å². The van der Waals surface area contributed by atoms with E-state index in [9.17, 15) is 9.59 Å². The number of rotatable bonds is 5. The molecule has 1 saturated heterocycles. The second-order valence-corrected chi connectivity index (χ2v) is 9.17. The minimum absolute atomic E-state index is 0.162. The summed E-state index contributed by atoms with van der Waals surface area (Å²) in [5, 5.41) is -0.443. The molecule has 0 spiro atoms. The highest BCUT2D eigenvalue weighted by Gasteiger charge is 2.40. The van der Waals surface area contributed by atoms with E-state index >= 15 is 0 Å². The van der Waals surface area contributed by atoms with Crippen LogP contribution in [0.4, 0.5) is 5.69 Å². The zero-order valence-corrected chi connectivity index (χ0v) is 17.5. The molecule has 0 N–H and O–H groups in total. The third-order valence-corrected chi connectivity index (χ3v) is 7.05. The van der Waals surface area contributed by atoms with Crippen LogP contribution in [0.25, 0.3) is 10.2 Å². The van der Waals surface area contributed by atoms with Crippen LogP contribution in [0.3, 0.4) is 0 Å². The summed E-state index contributed by atoms with van der Waals surface area (Å²) in [6.45, 7) is 6.55. The lowest BCUT2D eigenvalue weighted by Crippen LogP contribution is -2.31. The number of imide groups is 1. The van der Waals surface area contributed by atoms with Crippen molar-refractivity contribution in [2.45, 2.75) is 36.8 Å². The monoisotopic (exact) mass is 412 g/mol. The lowest BCUT2D eigenvalue weighted by molar-refractivity contribution is -0.121. The lowest BCUT2D eigenvalue weighted by atomic mass is 10.1. The van der Waals surface area contributed by atoms with Gasteiger partial charge in [0.05, 0.1) is 22.5 Å². The number of fused-ring (bicyclic) bond motifs is 1. The third kappa shape index (κ3) is 3.52. The Hall–Kier alpha value is -2.38. The molecule has 2 amide bonds. The molecule has 5 nitrogen and oxygen atoms in total. The molecule has 28 heavy (non-hydrogen) atoms. The molecule has 1 fully saturated rings. The molecule has 1 aliphatic rings. The second-order valence-electron chi connectivity index (χ2n) is 6.69. The summed E-state index contributed by atoms with van der Waals surface area (Å²) in [7, 11) is 0. The van der Waals surface area contributed by atoms with Crippen LogP contribution >= 0.6 is 23.1 Å². The number of amides is 2. The molecule has 2 aromatic carbocycles. The van der Waals surface area contributed by atoms with Crippen LogP contribution in [0.1, 0.15) is 24.5 Å². The minimum Gasteiger partial charge on any atom is -0.494 e. The fraction of sp³-hybridized carbons (Fsp3) is 0.286. The first-order chi connectivity index (χ1) is 13.5. The van der Waals surface area contributed by atoms with Crippen molar-refractivity contribution in [2.24, 2.45) is 0 Å². The number of aryl methyl sites for hydroxylation is 2. The molecule has 0 unspecified atom stereocenters. The largest absolute Gasteiger partial charge is 0.494 e. The first-order valence-electron chi connectivity index (χ1n) is 9.10. The van der Waals surface area contributed by atoms with Gasteiger partial charge in [-0.05, 0) is 62.2 Å². The molecular formula is C21H20N2O3S2. The molecule has 1 aliphatic heterocycles. The Morgan fingerprint density at radius 3 is 2.75 bits per heavy atom. The molecule has 144 valence electrons. The first-order valence-corrected chi connectivity index (χ1v) is 10.8. The molecule has 0 aliphatic carbocycles. The van der Waals surface area contributed by atoms with Gasteiger partial charge >= 0.3 is 0 Å². The van der Waals surface area contributed by atoms with Gasteiger partial charge in [-0.1, -0.05) is 17.8 Å². The van der Waals surface area contributed by atoms with Crippen molar-refractivity contribution in [3.63, 3.8) is 0 Å². The zero-order chi connectivity index (χ0) is 19.8. The van der Waals surface area contributed by atoms with Gasteiger partial charge in [0, 0.05) is 6.42 Å². The first kappa shape index (κ1) is 19.0. The van der Waals surface area contributed by atoms with E-state index in [4.69, 9.17) is 4.74 Å². The Kier molecular flexibility index (Phi) is 5.12. The van der Waals surface area contributed by atoms with Gasteiger partial charge < -0.3 is 4.74 Å². The van der Waals surface area contributed by atoms with Crippen LogP contribution < -0.4 is 9.64 Å². The van der Waals surface area contributed by atoms with Gasteiger partial charge in [0.1, 0.15) is 11.0 Å². The van der Waals surface area contributed by atoms with Gasteiger partial charge in [-0.2, -0.15) is 0 Å². The number of carbonyl (C=O) groups excluding carboxylic acids is 2. The number of carbonyl (C=O) groups is 2. The Morgan fingerprint density at radius 1 is 1.18 bits per heavy atom. The van der Waals surface area contributed by atoms with E-state index in [1.54, 1.807) is 0 Å². The van der Waals surface area contributed by atoms with Crippen molar-refractivity contribution in [1.29, 1.82) is 0 Å². The van der Waals surface area contributed by atoms with Crippen molar-refractivity contribution in [3.05, 3.63) is 47.5 Å². The van der Waals surface area contributed by atoms with Crippen LogP contribution in [-0.2, 0) is 9.59 Å². The molecule has 0 saturated carbocycles. The number of benzene rings is 2. The van der Waals surface area contributed by atoms with Crippen molar-refractivity contribution >= 4 is 50.8 Å². The SMILES string of the molecule is CCOc1ccc2nc(S[C@H]3CC(=O)N(c4ccc(C)c(C)c4)C3=O)sc2c1. The number of nitrogens with zero attached hydrogens (tertiary/aromatic N) is 2. The van der Waals surface area contributed by atoms with E-state index in [2.05, 4.69) is 4.98 Å². The van der Waals surface area contributed by atoms with Crippen LogP contribution in [-0.4, -0.2) is 28.7 Å². The number of hydrogen-bond donors (Lipinski definition) is 0. The van der Waals surface area contributed by atoms with E-state index in [0.29, 0.717) is 12.3 Å². The molecule has 4 rings (SSSR count). The smallest absolute Gasteiger partial charge is 0.247 e. The van der Waals surface area contributed by atoms with Gasteiger partial charge in [0.25, 0.3) is 0 Å². The van der Waals surface area contributed by atoms with Crippen LogP contribution in [0.2, 0.25) is 0 Å². The number of ether oxygens (including phenoxy) is 1. The van der Waals surface area contributed by atoms with Crippen molar-refractivity contribution < 1.29 is 14.3 Å². The quantitative estimate of drug-likeness (QED) is 0.567. The Bertz CT molecular complexity index is 1080. The van der Waals surface area contributed by atoms with Gasteiger partial charge in [-0.25, -0.2) is 9.88 Å². The fourth-order valence-electron chi connectivity index (χ4n) is 3.14. The highest BCUT2D eigenvalue weighted by atomic mass is 32.2. The number of aromatic nitrogens is 1. The summed E-state index contributed by atoms with van der Waals surface area (Å²) in [5.74, 6) is 0.473. The Balaban J connectivity index is 1.55. The highest BCUT2D eigenvalue weighted by molar-refractivity contribution is 8.02. The van der Waals surface area contributed by atoms with Crippen LogP contribution in [0.15, 0.2) is 40.7 Å². The highest BCUT2D eigenvalue weighted by Crippen LogP contribution is 2.38. The molecule has 2 heterocycles. The number of anilines is 1. The summed E-state index contributed by atoms with van der Waals surface area (Å²) in [6, 6.07) is 11.4. The Morgan fingerprint density at radius 2 is 2.00 bits per heavy atom. The molecule has 7 heteroatoms. The van der Waals surface area contributed by atoms with E-state index in [1.807, 2.05) is 57.2 Å². The minimum atomic E-state index is -0.443. The predicted molar refractivity (Wildman–Crippen MR) is 113 cm³/mol. The Labute approximate surface area is 171 Å². The molecule has 0 bridgehead atoms. The fourth-order valence-corrected chi connectivity index (χ4v) is 5.51. The predicted octanol–water partition coefficient (Wildman–Crippen LogP) is 4.74. The van der Waals surface area contributed by atoms with Gasteiger partial charge in [0.15, 0.2) is 4.34 Å². The molecule has 1 aromatic heterocycles. The second kappa shape index (κ2) is 7.56. The standard InChI is InChI=1S/C21H20N2O3S2/c1-4-26-15-7-8-16-17(10-15)27-21(22-16)28-18-11-19(24)23(20(18)25)14-6-5-12(2)13(3)9-14/h5-10,18H,4,11H2,1-3H3/t18-/m0/s1. The maximum atomic E-state index is 12.9. The summed E-state index contributed by atoms with van der Waals surface area (Å²) in [6.07, 6.45) is 0.191. The van der Waals surface area contributed by atoms with E-state index in [0.717, 1.165) is 31.4 Å². The van der Waals surface area contributed by atoms with Gasteiger partial charge in [-0.3, -0.25) is 9.59 Å². The van der Waals surface area contributed by atoms with Crippen molar-refractivity contribution in [2.75, 3.05) is 11.5 Å². The van der Waals surface area contributed by atoms with Gasteiger partial charge in [0.2, 0.25) is 11.8 Å². The average Bonchev–Trinajstić information content (AvgIpc) is 3.18. The van der Waals surface area contributed by atoms with E-state index in [1.165, 1.54) is 28.0 Å². The number of hydrogen-bond acceptors (Lipinski definition) is 6. The third-order valence-electron chi connectivity index (χ3n) is 4.75. The van der Waals surface area contributed by atoms with E-state index < -0.39 is 5.25 Å². The van der Waals surface area contributed by atoms with Crippen LogP contribution in [0, 0.1) is 13.8 Å². The number of thiazole rings is 1. The summed E-state index contributed by atoms with van der Waals surface area (Å²) < 4.78 is 7.33. The normalized spacial score (nSPS) is 17.0.